The molecule has 132 valence electrons. The first-order chi connectivity index (χ1) is 11.9. The van der Waals surface area contributed by atoms with Crippen LogP contribution in [0.2, 0.25) is 0 Å². The molecule has 0 fully saturated rings. The number of fused-ring (bicyclic) bond motifs is 2. The Hall–Kier alpha value is -2.26. The zero-order valence-corrected chi connectivity index (χ0v) is 15.1. The Labute approximate surface area is 149 Å². The van der Waals surface area contributed by atoms with E-state index in [0.29, 0.717) is 12.1 Å². The Morgan fingerprint density at radius 3 is 2.88 bits per heavy atom. The van der Waals surface area contributed by atoms with Gasteiger partial charge in [0.15, 0.2) is 0 Å². The van der Waals surface area contributed by atoms with Crippen LogP contribution in [0.4, 0.5) is 5.69 Å². The predicted molar refractivity (Wildman–Crippen MR) is 96.7 cm³/mol. The summed E-state index contributed by atoms with van der Waals surface area (Å²) in [7, 11) is -3.90. The van der Waals surface area contributed by atoms with Gasteiger partial charge in [0, 0.05) is 18.3 Å². The van der Waals surface area contributed by atoms with Crippen LogP contribution in [0.1, 0.15) is 27.3 Å². The van der Waals surface area contributed by atoms with E-state index < -0.39 is 15.9 Å². The summed E-state index contributed by atoms with van der Waals surface area (Å²) in [5.41, 5.74) is 0.426. The van der Waals surface area contributed by atoms with Gasteiger partial charge < -0.3 is 10.6 Å². The summed E-state index contributed by atoms with van der Waals surface area (Å²) in [6, 6.07) is 7.10. The van der Waals surface area contributed by atoms with Gasteiger partial charge in [-0.1, -0.05) is 0 Å². The van der Waals surface area contributed by atoms with E-state index in [-0.39, 0.29) is 22.2 Å². The van der Waals surface area contributed by atoms with Crippen molar-refractivity contribution in [1.29, 1.82) is 0 Å². The van der Waals surface area contributed by atoms with Gasteiger partial charge in [-0.3, -0.25) is 9.59 Å². The molecule has 0 radical (unpaired) electrons. The smallest absolute Gasteiger partial charge is 0.273 e. The molecule has 2 heterocycles. The lowest BCUT2D eigenvalue weighted by molar-refractivity contribution is 0.0952. The minimum Gasteiger partial charge on any atom is -0.352 e. The number of thioether (sulfide) groups is 1. The Balaban J connectivity index is 1.92. The van der Waals surface area contributed by atoms with Crippen molar-refractivity contribution in [1.82, 2.24) is 9.29 Å². The van der Waals surface area contributed by atoms with Crippen LogP contribution in [0, 0.1) is 0 Å². The third-order valence-corrected chi connectivity index (χ3v) is 6.23. The second-order valence-electron chi connectivity index (χ2n) is 5.46. The third-order valence-electron chi connectivity index (χ3n) is 3.78. The SMILES string of the molecule is CSCCCNC(=O)c1ccc2c(c1)NC(=O)c1cccn1S2(=O)=O. The number of amides is 2. The van der Waals surface area contributed by atoms with Gasteiger partial charge in [-0.15, -0.1) is 0 Å². The molecule has 0 bridgehead atoms. The molecule has 0 saturated carbocycles. The molecule has 1 aromatic carbocycles. The quantitative estimate of drug-likeness (QED) is 0.772. The van der Waals surface area contributed by atoms with E-state index >= 15 is 0 Å². The molecular formula is C16H17N3O4S2. The van der Waals surface area contributed by atoms with E-state index in [9.17, 15) is 18.0 Å². The second-order valence-corrected chi connectivity index (χ2v) is 8.23. The summed E-state index contributed by atoms with van der Waals surface area (Å²) in [4.78, 5) is 24.4. The van der Waals surface area contributed by atoms with Crippen molar-refractivity contribution >= 4 is 39.3 Å². The van der Waals surface area contributed by atoms with Gasteiger partial charge in [-0.25, -0.2) is 12.4 Å². The standard InChI is InChI=1S/C16H17N3O4S2/c1-24-9-3-7-17-15(20)11-5-6-14-12(10-11)18-16(21)13-4-2-8-19(13)25(14,22)23/h2,4-6,8,10H,3,7,9H2,1H3,(H,17,20)(H,18,21). The molecule has 3 rings (SSSR count). The van der Waals surface area contributed by atoms with Crippen LogP contribution in [0.15, 0.2) is 41.4 Å². The van der Waals surface area contributed by atoms with Gasteiger partial charge in [0.05, 0.1) is 5.69 Å². The monoisotopic (exact) mass is 379 g/mol. The number of aromatic nitrogens is 1. The number of rotatable bonds is 5. The van der Waals surface area contributed by atoms with Crippen LogP contribution in [-0.4, -0.2) is 42.8 Å². The van der Waals surface area contributed by atoms with E-state index in [0.717, 1.165) is 16.1 Å². The molecule has 2 N–H and O–H groups in total. The summed E-state index contributed by atoms with van der Waals surface area (Å²) < 4.78 is 26.4. The number of hydrogen-bond donors (Lipinski definition) is 2. The Kier molecular flexibility index (Phi) is 4.87. The normalized spacial score (nSPS) is 14.8. The van der Waals surface area contributed by atoms with Crippen LogP contribution < -0.4 is 10.6 Å². The van der Waals surface area contributed by atoms with Crippen LogP contribution in [-0.2, 0) is 10.0 Å². The highest BCUT2D eigenvalue weighted by Gasteiger charge is 2.30. The van der Waals surface area contributed by atoms with Crippen molar-refractivity contribution in [3.63, 3.8) is 0 Å². The highest BCUT2D eigenvalue weighted by atomic mass is 32.2. The molecule has 25 heavy (non-hydrogen) atoms. The van der Waals surface area contributed by atoms with Crippen molar-refractivity contribution in [2.45, 2.75) is 11.3 Å². The fourth-order valence-electron chi connectivity index (χ4n) is 2.56. The van der Waals surface area contributed by atoms with Crippen molar-refractivity contribution < 1.29 is 18.0 Å². The van der Waals surface area contributed by atoms with Gasteiger partial charge in [0.1, 0.15) is 10.6 Å². The molecule has 0 saturated heterocycles. The Morgan fingerprint density at radius 2 is 2.12 bits per heavy atom. The maximum atomic E-state index is 12.7. The van der Waals surface area contributed by atoms with Crippen molar-refractivity contribution in [2.75, 3.05) is 23.9 Å². The molecular weight excluding hydrogens is 362 g/mol. The van der Waals surface area contributed by atoms with Gasteiger partial charge in [-0.2, -0.15) is 11.8 Å². The third kappa shape index (κ3) is 3.29. The first kappa shape index (κ1) is 17.6. The lowest BCUT2D eigenvalue weighted by atomic mass is 10.2. The number of benzene rings is 1. The topological polar surface area (TPSA) is 97.3 Å². The van der Waals surface area contributed by atoms with Gasteiger partial charge >= 0.3 is 0 Å². The fourth-order valence-corrected chi connectivity index (χ4v) is 4.46. The van der Waals surface area contributed by atoms with E-state index in [4.69, 9.17) is 0 Å². The van der Waals surface area contributed by atoms with Gasteiger partial charge in [0.25, 0.3) is 21.8 Å². The average Bonchev–Trinajstić information content (AvgIpc) is 3.06. The molecule has 0 spiro atoms. The molecule has 0 unspecified atom stereocenters. The number of anilines is 1. The number of nitrogens with one attached hydrogen (secondary N) is 2. The number of nitrogens with zero attached hydrogens (tertiary/aromatic N) is 1. The van der Waals surface area contributed by atoms with Crippen molar-refractivity contribution in [3.05, 3.63) is 47.8 Å². The highest BCUT2D eigenvalue weighted by molar-refractivity contribution is 7.98. The van der Waals surface area contributed by atoms with Crippen LogP contribution in [0.5, 0.6) is 0 Å². The van der Waals surface area contributed by atoms with Crippen molar-refractivity contribution in [2.24, 2.45) is 0 Å². The molecule has 9 heteroatoms. The van der Waals surface area contributed by atoms with E-state index in [1.807, 2.05) is 6.26 Å². The lowest BCUT2D eigenvalue weighted by Gasteiger charge is -2.10. The molecule has 0 aliphatic carbocycles. The number of carbonyl (C=O) groups is 2. The van der Waals surface area contributed by atoms with E-state index in [1.54, 1.807) is 11.8 Å². The first-order valence-electron chi connectivity index (χ1n) is 7.60. The molecule has 2 amide bonds. The Bertz CT molecular complexity index is 935. The zero-order chi connectivity index (χ0) is 18.0. The second kappa shape index (κ2) is 6.93. The fraction of sp³-hybridized carbons (Fsp3) is 0.250. The van der Waals surface area contributed by atoms with E-state index in [1.165, 1.54) is 36.5 Å². The molecule has 7 nitrogen and oxygen atoms in total. The summed E-state index contributed by atoms with van der Waals surface area (Å²) in [6.45, 7) is 0.535. The number of hydrogen-bond acceptors (Lipinski definition) is 5. The summed E-state index contributed by atoms with van der Waals surface area (Å²) in [5.74, 6) is 0.0984. The largest absolute Gasteiger partial charge is 0.352 e. The van der Waals surface area contributed by atoms with Crippen molar-refractivity contribution in [3.8, 4) is 0 Å². The summed E-state index contributed by atoms with van der Waals surface area (Å²) in [6.07, 6.45) is 4.16. The minimum absolute atomic E-state index is 0.0271. The molecule has 1 aliphatic heterocycles. The zero-order valence-electron chi connectivity index (χ0n) is 13.5. The maximum absolute atomic E-state index is 12.7. The van der Waals surface area contributed by atoms with Gasteiger partial charge in [0.2, 0.25) is 0 Å². The highest BCUT2D eigenvalue weighted by Crippen LogP contribution is 2.29. The molecule has 1 aliphatic rings. The molecule has 0 atom stereocenters. The lowest BCUT2D eigenvalue weighted by Crippen LogP contribution is -2.25. The van der Waals surface area contributed by atoms with Crippen LogP contribution >= 0.6 is 11.8 Å². The van der Waals surface area contributed by atoms with E-state index in [2.05, 4.69) is 10.6 Å². The summed E-state index contributed by atoms with van der Waals surface area (Å²) >= 11 is 1.70. The Morgan fingerprint density at radius 1 is 1.32 bits per heavy atom. The molecule has 1 aromatic heterocycles. The predicted octanol–water partition coefficient (Wildman–Crippen LogP) is 1.77. The van der Waals surface area contributed by atoms with Crippen LogP contribution in [0.25, 0.3) is 0 Å². The first-order valence-corrected chi connectivity index (χ1v) is 10.4. The van der Waals surface area contributed by atoms with Crippen LogP contribution in [0.3, 0.4) is 0 Å². The summed E-state index contributed by atoms with van der Waals surface area (Å²) in [5, 5.41) is 5.35. The van der Waals surface area contributed by atoms with Gasteiger partial charge in [-0.05, 0) is 48.8 Å². The number of carbonyl (C=O) groups excluding carboxylic acids is 2. The minimum atomic E-state index is -3.90. The molecule has 2 aromatic rings. The maximum Gasteiger partial charge on any atom is 0.273 e. The average molecular weight is 379 g/mol.